The molecule has 2 aromatic rings. The van der Waals surface area contributed by atoms with Gasteiger partial charge in [-0.25, -0.2) is 9.07 Å². The van der Waals surface area contributed by atoms with Gasteiger partial charge in [-0.15, -0.1) is 0 Å². The fourth-order valence-electron chi connectivity index (χ4n) is 3.19. The summed E-state index contributed by atoms with van der Waals surface area (Å²) in [6.45, 7) is 5.32. The number of amides is 1. The molecule has 1 amide bonds. The van der Waals surface area contributed by atoms with Crippen molar-refractivity contribution in [3.63, 3.8) is 0 Å². The van der Waals surface area contributed by atoms with E-state index in [0.717, 1.165) is 24.1 Å². The summed E-state index contributed by atoms with van der Waals surface area (Å²) in [6.07, 6.45) is 1.85. The van der Waals surface area contributed by atoms with Crippen molar-refractivity contribution in [2.24, 2.45) is 5.92 Å². The van der Waals surface area contributed by atoms with Gasteiger partial charge in [0.2, 0.25) is 5.91 Å². The minimum absolute atomic E-state index is 0.0501. The van der Waals surface area contributed by atoms with Gasteiger partial charge >= 0.3 is 0 Å². The molecule has 1 aliphatic rings. The number of aryl methyl sites for hydroxylation is 2. The number of hydrogen-bond donors (Lipinski definition) is 0. The number of carbonyl (C=O) groups is 1. The van der Waals surface area contributed by atoms with Gasteiger partial charge in [-0.05, 0) is 56.5 Å². The predicted octanol–water partition coefficient (Wildman–Crippen LogP) is 2.32. The van der Waals surface area contributed by atoms with E-state index in [9.17, 15) is 14.0 Å². The lowest BCUT2D eigenvalue weighted by molar-refractivity contribution is -0.134. The molecule has 1 aliphatic heterocycles. The Labute approximate surface area is 157 Å². The first-order valence-electron chi connectivity index (χ1n) is 9.14. The second kappa shape index (κ2) is 8.33. The summed E-state index contributed by atoms with van der Waals surface area (Å²) in [6, 6.07) is 7.42. The number of hydrogen-bond acceptors (Lipinski definition) is 4. The molecule has 144 valence electrons. The van der Waals surface area contributed by atoms with Gasteiger partial charge in [0.25, 0.3) is 5.56 Å². The Hall–Kier alpha value is -2.70. The molecule has 1 aromatic carbocycles. The third kappa shape index (κ3) is 4.93. The van der Waals surface area contributed by atoms with E-state index in [-0.39, 0.29) is 29.7 Å². The summed E-state index contributed by atoms with van der Waals surface area (Å²) < 4.78 is 19.9. The van der Waals surface area contributed by atoms with Gasteiger partial charge in [-0.2, -0.15) is 5.10 Å². The largest absolute Gasteiger partial charge is 0.493 e. The molecule has 2 heterocycles. The Kier molecular flexibility index (Phi) is 5.88. The van der Waals surface area contributed by atoms with Crippen molar-refractivity contribution in [1.82, 2.24) is 14.7 Å². The molecule has 1 saturated heterocycles. The van der Waals surface area contributed by atoms with Gasteiger partial charge in [0.15, 0.2) is 0 Å². The second-order valence-corrected chi connectivity index (χ2v) is 7.02. The summed E-state index contributed by atoms with van der Waals surface area (Å²) in [5.41, 5.74) is 1.30. The maximum atomic E-state index is 12.9. The van der Waals surface area contributed by atoms with Crippen LogP contribution in [0, 0.1) is 25.6 Å². The van der Waals surface area contributed by atoms with E-state index in [2.05, 4.69) is 5.10 Å². The molecule has 0 aliphatic carbocycles. The number of rotatable bonds is 5. The molecule has 6 nitrogen and oxygen atoms in total. The molecular formula is C20H24FN3O3. The van der Waals surface area contributed by atoms with Crippen LogP contribution < -0.4 is 10.3 Å². The second-order valence-electron chi connectivity index (χ2n) is 7.02. The zero-order valence-electron chi connectivity index (χ0n) is 15.7. The van der Waals surface area contributed by atoms with E-state index in [0.29, 0.717) is 25.4 Å². The van der Waals surface area contributed by atoms with Gasteiger partial charge in [0, 0.05) is 25.1 Å². The lowest BCUT2D eigenvalue weighted by Gasteiger charge is -2.32. The SMILES string of the molecule is Cc1cc(=O)n(CC(=O)N2CCC[C@H](COc3ccc(F)cc3)C2)nc1C. The summed E-state index contributed by atoms with van der Waals surface area (Å²) in [5.74, 6) is 0.411. The average Bonchev–Trinajstić information content (AvgIpc) is 2.66. The number of nitrogens with zero attached hydrogens (tertiary/aromatic N) is 3. The quantitative estimate of drug-likeness (QED) is 0.807. The normalized spacial score (nSPS) is 17.0. The number of benzene rings is 1. The van der Waals surface area contributed by atoms with Crippen LogP contribution in [0.3, 0.4) is 0 Å². The lowest BCUT2D eigenvalue weighted by Crippen LogP contribution is -2.44. The molecule has 0 bridgehead atoms. The van der Waals surface area contributed by atoms with E-state index < -0.39 is 0 Å². The fourth-order valence-corrected chi connectivity index (χ4v) is 3.19. The van der Waals surface area contributed by atoms with Gasteiger partial charge < -0.3 is 9.64 Å². The van der Waals surface area contributed by atoms with Crippen LogP contribution in [0.2, 0.25) is 0 Å². The Bertz CT molecular complexity index is 864. The Morgan fingerprint density at radius 2 is 2.04 bits per heavy atom. The zero-order chi connectivity index (χ0) is 19.4. The molecule has 0 saturated carbocycles. The van der Waals surface area contributed by atoms with Crippen molar-refractivity contribution in [3.05, 3.63) is 57.8 Å². The Morgan fingerprint density at radius 3 is 2.78 bits per heavy atom. The standard InChI is InChI=1S/C20H24FN3O3/c1-14-10-19(25)24(22-15(14)2)12-20(26)23-9-3-4-16(11-23)13-27-18-7-5-17(21)6-8-18/h5-8,10,16H,3-4,9,11-13H2,1-2H3/t16-/m0/s1. The molecule has 1 fully saturated rings. The summed E-state index contributed by atoms with van der Waals surface area (Å²) in [4.78, 5) is 26.4. The third-order valence-corrected chi connectivity index (χ3v) is 4.89. The molecule has 7 heteroatoms. The number of piperidine rings is 1. The summed E-state index contributed by atoms with van der Waals surface area (Å²) >= 11 is 0. The van der Waals surface area contributed by atoms with Crippen LogP contribution in [0.1, 0.15) is 24.1 Å². The molecule has 0 spiro atoms. The predicted molar refractivity (Wildman–Crippen MR) is 99.2 cm³/mol. The van der Waals surface area contributed by atoms with Crippen molar-refractivity contribution in [2.75, 3.05) is 19.7 Å². The smallest absolute Gasteiger partial charge is 0.267 e. The minimum Gasteiger partial charge on any atom is -0.493 e. The fraction of sp³-hybridized carbons (Fsp3) is 0.450. The Morgan fingerprint density at radius 1 is 1.30 bits per heavy atom. The lowest BCUT2D eigenvalue weighted by atomic mass is 9.99. The number of likely N-dealkylation sites (tertiary alicyclic amines) is 1. The first-order chi connectivity index (χ1) is 12.9. The first-order valence-corrected chi connectivity index (χ1v) is 9.14. The van der Waals surface area contributed by atoms with Crippen molar-refractivity contribution < 1.29 is 13.9 Å². The third-order valence-electron chi connectivity index (χ3n) is 4.89. The monoisotopic (exact) mass is 373 g/mol. The van der Waals surface area contributed by atoms with E-state index in [4.69, 9.17) is 4.74 Å². The highest BCUT2D eigenvalue weighted by Gasteiger charge is 2.24. The molecule has 1 aromatic heterocycles. The van der Waals surface area contributed by atoms with Crippen LogP contribution >= 0.6 is 0 Å². The average molecular weight is 373 g/mol. The summed E-state index contributed by atoms with van der Waals surface area (Å²) in [5, 5.41) is 4.21. The van der Waals surface area contributed by atoms with Crippen LogP contribution in [-0.2, 0) is 11.3 Å². The van der Waals surface area contributed by atoms with E-state index in [1.807, 2.05) is 13.8 Å². The van der Waals surface area contributed by atoms with E-state index in [1.165, 1.54) is 22.9 Å². The van der Waals surface area contributed by atoms with Crippen molar-refractivity contribution >= 4 is 5.91 Å². The van der Waals surface area contributed by atoms with Crippen LogP contribution in [0.4, 0.5) is 4.39 Å². The molecule has 27 heavy (non-hydrogen) atoms. The molecule has 1 atom stereocenters. The highest BCUT2D eigenvalue weighted by molar-refractivity contribution is 5.76. The van der Waals surface area contributed by atoms with Crippen LogP contribution in [0.15, 0.2) is 35.1 Å². The summed E-state index contributed by atoms with van der Waals surface area (Å²) in [7, 11) is 0. The molecule has 0 N–H and O–H groups in total. The van der Waals surface area contributed by atoms with Crippen molar-refractivity contribution in [3.8, 4) is 5.75 Å². The van der Waals surface area contributed by atoms with Crippen LogP contribution in [0.5, 0.6) is 5.75 Å². The Balaban J connectivity index is 1.57. The minimum atomic E-state index is -0.299. The maximum Gasteiger partial charge on any atom is 0.267 e. The van der Waals surface area contributed by atoms with E-state index in [1.54, 1.807) is 17.0 Å². The van der Waals surface area contributed by atoms with Crippen LogP contribution in [-0.4, -0.2) is 40.3 Å². The number of halogens is 1. The van der Waals surface area contributed by atoms with E-state index >= 15 is 0 Å². The maximum absolute atomic E-state index is 12.9. The first kappa shape index (κ1) is 19.1. The molecule has 3 rings (SSSR count). The topological polar surface area (TPSA) is 64.4 Å². The van der Waals surface area contributed by atoms with Gasteiger partial charge in [0.05, 0.1) is 12.3 Å². The number of ether oxygens (including phenoxy) is 1. The molecular weight excluding hydrogens is 349 g/mol. The van der Waals surface area contributed by atoms with Crippen LogP contribution in [0.25, 0.3) is 0 Å². The number of aromatic nitrogens is 2. The highest BCUT2D eigenvalue weighted by Crippen LogP contribution is 2.19. The van der Waals surface area contributed by atoms with Gasteiger partial charge in [0.1, 0.15) is 18.1 Å². The zero-order valence-corrected chi connectivity index (χ0v) is 15.7. The highest BCUT2D eigenvalue weighted by atomic mass is 19.1. The van der Waals surface area contributed by atoms with Gasteiger partial charge in [-0.1, -0.05) is 0 Å². The molecule has 0 radical (unpaired) electrons. The molecule has 0 unspecified atom stereocenters. The van der Waals surface area contributed by atoms with Gasteiger partial charge in [-0.3, -0.25) is 9.59 Å². The van der Waals surface area contributed by atoms with Crippen molar-refractivity contribution in [1.29, 1.82) is 0 Å². The number of carbonyl (C=O) groups excluding carboxylic acids is 1. The van der Waals surface area contributed by atoms with Crippen molar-refractivity contribution in [2.45, 2.75) is 33.2 Å².